The Labute approximate surface area is 110 Å². The van der Waals surface area contributed by atoms with Crippen LogP contribution in [0.5, 0.6) is 0 Å². The molecule has 0 saturated carbocycles. The lowest BCUT2D eigenvalue weighted by Gasteiger charge is -2.31. The van der Waals surface area contributed by atoms with Crippen molar-refractivity contribution in [3.8, 4) is 0 Å². The summed E-state index contributed by atoms with van der Waals surface area (Å²) in [5.74, 6) is -1.01. The summed E-state index contributed by atoms with van der Waals surface area (Å²) in [6.45, 7) is 3.02. The molecule has 2 unspecified atom stereocenters. The molecule has 4 nitrogen and oxygen atoms in total. The Morgan fingerprint density at radius 3 is 2.63 bits per heavy atom. The highest BCUT2D eigenvalue weighted by atomic mass is 19.4. The molecule has 0 aromatic heterocycles. The fourth-order valence-electron chi connectivity index (χ4n) is 2.01. The van der Waals surface area contributed by atoms with E-state index in [0.717, 1.165) is 19.8 Å². The van der Waals surface area contributed by atoms with Crippen molar-refractivity contribution >= 4 is 6.09 Å². The summed E-state index contributed by atoms with van der Waals surface area (Å²) in [5, 5.41) is 9.56. The molecule has 1 fully saturated rings. The van der Waals surface area contributed by atoms with Crippen LogP contribution in [0.15, 0.2) is 0 Å². The quantitative estimate of drug-likeness (QED) is 0.807. The summed E-state index contributed by atoms with van der Waals surface area (Å²) in [5.41, 5.74) is -2.77. The van der Waals surface area contributed by atoms with Gasteiger partial charge >= 0.3 is 12.3 Å². The highest BCUT2D eigenvalue weighted by Gasteiger charge is 2.56. The first-order chi connectivity index (χ1) is 8.70. The van der Waals surface area contributed by atoms with Gasteiger partial charge in [-0.1, -0.05) is 13.3 Å². The van der Waals surface area contributed by atoms with Crippen LogP contribution in [0.1, 0.15) is 33.1 Å². The van der Waals surface area contributed by atoms with Crippen LogP contribution in [-0.4, -0.2) is 47.6 Å². The van der Waals surface area contributed by atoms with Gasteiger partial charge in [0.25, 0.3) is 0 Å². The number of hydrogen-bond acceptors (Lipinski definition) is 3. The first-order valence-electron chi connectivity index (χ1n) is 6.41. The van der Waals surface area contributed by atoms with Gasteiger partial charge in [-0.3, -0.25) is 0 Å². The normalized spacial score (nSPS) is 23.3. The van der Waals surface area contributed by atoms with Crippen LogP contribution in [0.4, 0.5) is 18.0 Å². The molecule has 1 N–H and O–H groups in total. The maximum absolute atomic E-state index is 12.7. The number of rotatable bonds is 4. The second-order valence-electron chi connectivity index (χ2n) is 5.04. The third kappa shape index (κ3) is 3.75. The largest absolute Gasteiger partial charge is 0.449 e. The van der Waals surface area contributed by atoms with Crippen LogP contribution in [0, 0.1) is 5.92 Å². The van der Waals surface area contributed by atoms with E-state index in [9.17, 15) is 23.1 Å². The standard InChI is InChI=1S/C12H20F3NO3/c1-3-4-7-19-10(17)16-6-5-9(8-16)11(2,18)12(13,14)15/h9,18H,3-8H2,1-2H3. The van der Waals surface area contributed by atoms with Crippen LogP contribution in [0.25, 0.3) is 0 Å². The van der Waals surface area contributed by atoms with Crippen LogP contribution >= 0.6 is 0 Å². The molecule has 1 aliphatic heterocycles. The molecule has 0 bridgehead atoms. The fourth-order valence-corrected chi connectivity index (χ4v) is 2.01. The minimum absolute atomic E-state index is 0.120. The topological polar surface area (TPSA) is 49.8 Å². The van der Waals surface area contributed by atoms with Gasteiger partial charge in [-0.25, -0.2) is 4.79 Å². The molecule has 112 valence electrons. The van der Waals surface area contributed by atoms with Gasteiger partial charge in [0.1, 0.15) is 0 Å². The van der Waals surface area contributed by atoms with Crippen LogP contribution in [-0.2, 0) is 4.74 Å². The van der Waals surface area contributed by atoms with Crippen molar-refractivity contribution in [1.29, 1.82) is 0 Å². The molecule has 1 saturated heterocycles. The Bertz CT molecular complexity index is 318. The average Bonchev–Trinajstić information content (AvgIpc) is 2.77. The van der Waals surface area contributed by atoms with Gasteiger partial charge in [-0.05, 0) is 19.8 Å². The molecule has 0 aromatic rings. The van der Waals surface area contributed by atoms with E-state index in [1.54, 1.807) is 0 Å². The molecule has 2 atom stereocenters. The summed E-state index contributed by atoms with van der Waals surface area (Å²) < 4.78 is 43.0. The molecule has 1 heterocycles. The number of carbonyl (C=O) groups is 1. The zero-order valence-electron chi connectivity index (χ0n) is 11.2. The second-order valence-corrected chi connectivity index (χ2v) is 5.04. The molecule has 0 radical (unpaired) electrons. The number of hydrogen-bond donors (Lipinski definition) is 1. The first-order valence-corrected chi connectivity index (χ1v) is 6.41. The van der Waals surface area contributed by atoms with Crippen molar-refractivity contribution in [3.63, 3.8) is 0 Å². The summed E-state index contributed by atoms with van der Waals surface area (Å²) in [6.07, 6.45) is -3.58. The molecule has 7 heteroatoms. The first kappa shape index (κ1) is 16.1. The molecule has 1 amide bonds. The molecule has 1 aliphatic rings. The van der Waals surface area contributed by atoms with Crippen LogP contribution in [0.2, 0.25) is 0 Å². The fraction of sp³-hybridized carbons (Fsp3) is 0.917. The number of halogens is 3. The Hall–Kier alpha value is -0.980. The average molecular weight is 283 g/mol. The predicted molar refractivity (Wildman–Crippen MR) is 62.6 cm³/mol. The number of aliphatic hydroxyl groups is 1. The molecule has 0 spiro atoms. The smallest absolute Gasteiger partial charge is 0.417 e. The van der Waals surface area contributed by atoms with E-state index in [4.69, 9.17) is 4.74 Å². The number of ether oxygens (including phenoxy) is 1. The number of nitrogens with zero attached hydrogens (tertiary/aromatic N) is 1. The van der Waals surface area contributed by atoms with E-state index in [0.29, 0.717) is 0 Å². The van der Waals surface area contributed by atoms with Crippen molar-refractivity contribution in [2.24, 2.45) is 5.92 Å². The highest BCUT2D eigenvalue weighted by Crippen LogP contribution is 2.40. The van der Waals surface area contributed by atoms with Gasteiger partial charge in [-0.15, -0.1) is 0 Å². The third-order valence-electron chi connectivity index (χ3n) is 3.54. The molecule has 0 aromatic carbocycles. The van der Waals surface area contributed by atoms with E-state index in [-0.39, 0.29) is 26.1 Å². The van der Waals surface area contributed by atoms with E-state index < -0.39 is 23.8 Å². The minimum atomic E-state index is -4.69. The Kier molecular flexibility index (Phi) is 5.06. The summed E-state index contributed by atoms with van der Waals surface area (Å²) in [6, 6.07) is 0. The maximum Gasteiger partial charge on any atom is 0.417 e. The number of carbonyl (C=O) groups excluding carboxylic acids is 1. The molecule has 19 heavy (non-hydrogen) atoms. The van der Waals surface area contributed by atoms with Gasteiger partial charge in [-0.2, -0.15) is 13.2 Å². The number of alkyl halides is 3. The zero-order valence-corrected chi connectivity index (χ0v) is 11.2. The Morgan fingerprint density at radius 1 is 1.47 bits per heavy atom. The van der Waals surface area contributed by atoms with Crippen molar-refractivity contribution in [2.75, 3.05) is 19.7 Å². The van der Waals surface area contributed by atoms with Crippen molar-refractivity contribution in [3.05, 3.63) is 0 Å². The number of likely N-dealkylation sites (tertiary alicyclic amines) is 1. The van der Waals surface area contributed by atoms with Gasteiger partial charge in [0.15, 0.2) is 5.60 Å². The van der Waals surface area contributed by atoms with Gasteiger partial charge < -0.3 is 14.7 Å². The Morgan fingerprint density at radius 2 is 2.11 bits per heavy atom. The Balaban J connectivity index is 2.52. The van der Waals surface area contributed by atoms with E-state index in [2.05, 4.69) is 0 Å². The maximum atomic E-state index is 12.7. The SMILES string of the molecule is CCCCOC(=O)N1CCC(C(C)(O)C(F)(F)F)C1. The summed E-state index contributed by atoms with van der Waals surface area (Å²) in [4.78, 5) is 12.8. The van der Waals surface area contributed by atoms with Crippen molar-refractivity contribution in [2.45, 2.75) is 44.9 Å². The lowest BCUT2D eigenvalue weighted by molar-refractivity contribution is -0.270. The van der Waals surface area contributed by atoms with E-state index >= 15 is 0 Å². The van der Waals surface area contributed by atoms with E-state index in [1.807, 2.05) is 6.92 Å². The molecule has 0 aliphatic carbocycles. The monoisotopic (exact) mass is 283 g/mol. The van der Waals surface area contributed by atoms with Crippen LogP contribution in [0.3, 0.4) is 0 Å². The summed E-state index contributed by atoms with van der Waals surface area (Å²) in [7, 11) is 0. The van der Waals surface area contributed by atoms with Crippen molar-refractivity contribution < 1.29 is 27.8 Å². The second kappa shape index (κ2) is 5.98. The molecular formula is C12H20F3NO3. The highest BCUT2D eigenvalue weighted by molar-refractivity contribution is 5.68. The summed E-state index contributed by atoms with van der Waals surface area (Å²) >= 11 is 0. The minimum Gasteiger partial charge on any atom is -0.449 e. The number of unbranched alkanes of at least 4 members (excludes halogenated alkanes) is 1. The lowest BCUT2D eigenvalue weighted by Crippen LogP contribution is -2.49. The number of amides is 1. The van der Waals surface area contributed by atoms with Crippen LogP contribution < -0.4 is 0 Å². The van der Waals surface area contributed by atoms with Gasteiger partial charge in [0.05, 0.1) is 6.61 Å². The van der Waals surface area contributed by atoms with Crippen molar-refractivity contribution in [1.82, 2.24) is 4.90 Å². The lowest BCUT2D eigenvalue weighted by atomic mass is 9.88. The van der Waals surface area contributed by atoms with E-state index in [1.165, 1.54) is 4.90 Å². The third-order valence-corrected chi connectivity index (χ3v) is 3.54. The predicted octanol–water partition coefficient (Wildman–Crippen LogP) is 2.56. The molecular weight excluding hydrogens is 263 g/mol. The molecule has 1 rings (SSSR count). The zero-order chi connectivity index (χ0) is 14.7. The van der Waals surface area contributed by atoms with Gasteiger partial charge in [0, 0.05) is 19.0 Å². The van der Waals surface area contributed by atoms with Gasteiger partial charge in [0.2, 0.25) is 0 Å².